The SMILES string of the molecule is CC(C)Oc1ccccc1CC(=O)Nc1ccc(OCC(=O)O)cc1. The van der Waals surface area contributed by atoms with Gasteiger partial charge in [0.1, 0.15) is 11.5 Å². The minimum atomic E-state index is -1.04. The third kappa shape index (κ3) is 6.18. The van der Waals surface area contributed by atoms with Crippen LogP contribution >= 0.6 is 0 Å². The Morgan fingerprint density at radius 3 is 2.40 bits per heavy atom. The van der Waals surface area contributed by atoms with E-state index in [0.717, 1.165) is 5.56 Å². The Labute approximate surface area is 146 Å². The molecule has 0 spiro atoms. The van der Waals surface area contributed by atoms with Crippen molar-refractivity contribution in [2.45, 2.75) is 26.4 Å². The summed E-state index contributed by atoms with van der Waals surface area (Å²) in [4.78, 5) is 22.7. The molecule has 2 N–H and O–H groups in total. The van der Waals surface area contributed by atoms with Gasteiger partial charge in [-0.15, -0.1) is 0 Å². The summed E-state index contributed by atoms with van der Waals surface area (Å²) in [6.07, 6.45) is 0.225. The molecule has 0 bridgehead atoms. The monoisotopic (exact) mass is 343 g/mol. The average molecular weight is 343 g/mol. The summed E-state index contributed by atoms with van der Waals surface area (Å²) >= 11 is 0. The van der Waals surface area contributed by atoms with E-state index in [1.165, 1.54) is 0 Å². The summed E-state index contributed by atoms with van der Waals surface area (Å²) in [6.45, 7) is 3.47. The molecular weight excluding hydrogens is 322 g/mol. The van der Waals surface area contributed by atoms with E-state index in [1.54, 1.807) is 24.3 Å². The first-order valence-corrected chi connectivity index (χ1v) is 7.93. The molecule has 0 atom stereocenters. The van der Waals surface area contributed by atoms with E-state index in [1.807, 2.05) is 38.1 Å². The van der Waals surface area contributed by atoms with Gasteiger partial charge in [0, 0.05) is 11.3 Å². The Bertz CT molecular complexity index is 725. The fourth-order valence-electron chi connectivity index (χ4n) is 2.18. The van der Waals surface area contributed by atoms with E-state index in [2.05, 4.69) is 5.32 Å². The molecule has 0 aliphatic carbocycles. The van der Waals surface area contributed by atoms with Gasteiger partial charge in [-0.05, 0) is 44.2 Å². The highest BCUT2D eigenvalue weighted by Gasteiger charge is 2.10. The summed E-state index contributed by atoms with van der Waals surface area (Å²) < 4.78 is 10.8. The van der Waals surface area contributed by atoms with E-state index in [9.17, 15) is 9.59 Å². The highest BCUT2D eigenvalue weighted by molar-refractivity contribution is 5.92. The molecule has 0 aromatic heterocycles. The second kappa shape index (κ2) is 8.73. The number of carbonyl (C=O) groups is 2. The number of benzene rings is 2. The van der Waals surface area contributed by atoms with Crippen LogP contribution in [0.4, 0.5) is 5.69 Å². The molecule has 0 radical (unpaired) electrons. The lowest BCUT2D eigenvalue weighted by Gasteiger charge is -2.14. The third-order valence-corrected chi connectivity index (χ3v) is 3.19. The molecule has 0 fully saturated rings. The number of aliphatic carboxylic acids is 1. The second-order valence-electron chi connectivity index (χ2n) is 5.71. The molecule has 0 aliphatic heterocycles. The molecular formula is C19H21NO5. The van der Waals surface area contributed by atoms with Crippen molar-refractivity contribution in [2.24, 2.45) is 0 Å². The van der Waals surface area contributed by atoms with Crippen LogP contribution in [-0.2, 0) is 16.0 Å². The van der Waals surface area contributed by atoms with E-state index in [4.69, 9.17) is 14.6 Å². The second-order valence-corrected chi connectivity index (χ2v) is 5.71. The number of carboxylic acid groups (broad SMARTS) is 1. The Morgan fingerprint density at radius 2 is 1.76 bits per heavy atom. The number of carbonyl (C=O) groups excluding carboxylic acids is 1. The molecule has 0 saturated heterocycles. The highest BCUT2D eigenvalue weighted by Crippen LogP contribution is 2.21. The van der Waals surface area contributed by atoms with Gasteiger partial charge in [0.25, 0.3) is 0 Å². The molecule has 2 rings (SSSR count). The first-order valence-electron chi connectivity index (χ1n) is 7.93. The maximum Gasteiger partial charge on any atom is 0.341 e. The van der Waals surface area contributed by atoms with E-state index in [-0.39, 0.29) is 18.4 Å². The van der Waals surface area contributed by atoms with E-state index >= 15 is 0 Å². The summed E-state index contributed by atoms with van der Waals surface area (Å²) in [5.41, 5.74) is 1.42. The fourth-order valence-corrected chi connectivity index (χ4v) is 2.18. The number of carboxylic acids is 1. The number of anilines is 1. The number of amides is 1. The fraction of sp³-hybridized carbons (Fsp3) is 0.263. The molecule has 2 aromatic carbocycles. The molecule has 6 nitrogen and oxygen atoms in total. The van der Waals surface area contributed by atoms with Crippen molar-refractivity contribution in [2.75, 3.05) is 11.9 Å². The molecule has 1 amide bonds. The zero-order chi connectivity index (χ0) is 18.2. The van der Waals surface area contributed by atoms with Crippen LogP contribution in [0.5, 0.6) is 11.5 Å². The minimum Gasteiger partial charge on any atom is -0.491 e. The number of ether oxygens (including phenoxy) is 2. The molecule has 6 heteroatoms. The number of nitrogens with one attached hydrogen (secondary N) is 1. The molecule has 2 aromatic rings. The van der Waals surface area contributed by atoms with Crippen LogP contribution < -0.4 is 14.8 Å². The number of hydrogen-bond acceptors (Lipinski definition) is 4. The van der Waals surface area contributed by atoms with Crippen LogP contribution in [-0.4, -0.2) is 29.7 Å². The maximum atomic E-state index is 12.2. The van der Waals surface area contributed by atoms with Crippen LogP contribution in [0.15, 0.2) is 48.5 Å². The predicted molar refractivity (Wildman–Crippen MR) is 94.1 cm³/mol. The van der Waals surface area contributed by atoms with Crippen molar-refractivity contribution in [3.63, 3.8) is 0 Å². The van der Waals surface area contributed by atoms with Crippen LogP contribution in [0.25, 0.3) is 0 Å². The number of hydrogen-bond donors (Lipinski definition) is 2. The average Bonchev–Trinajstić information content (AvgIpc) is 2.55. The normalized spacial score (nSPS) is 10.4. The van der Waals surface area contributed by atoms with Crippen LogP contribution in [0.3, 0.4) is 0 Å². The molecule has 0 heterocycles. The summed E-state index contributed by atoms with van der Waals surface area (Å²) in [7, 11) is 0. The zero-order valence-electron chi connectivity index (χ0n) is 14.2. The van der Waals surface area contributed by atoms with Crippen molar-refractivity contribution in [1.82, 2.24) is 0 Å². The quantitative estimate of drug-likeness (QED) is 0.769. The lowest BCUT2D eigenvalue weighted by Crippen LogP contribution is -2.16. The largest absolute Gasteiger partial charge is 0.491 e. The zero-order valence-corrected chi connectivity index (χ0v) is 14.2. The maximum absolute atomic E-state index is 12.2. The molecule has 0 aliphatic rings. The molecule has 0 unspecified atom stereocenters. The highest BCUT2D eigenvalue weighted by atomic mass is 16.5. The first kappa shape index (κ1) is 18.3. The lowest BCUT2D eigenvalue weighted by atomic mass is 10.1. The van der Waals surface area contributed by atoms with Crippen molar-refractivity contribution in [3.8, 4) is 11.5 Å². The van der Waals surface area contributed by atoms with Gasteiger partial charge in [0.15, 0.2) is 6.61 Å². The van der Waals surface area contributed by atoms with Gasteiger partial charge in [-0.3, -0.25) is 4.79 Å². The van der Waals surface area contributed by atoms with Gasteiger partial charge in [-0.2, -0.15) is 0 Å². The third-order valence-electron chi connectivity index (χ3n) is 3.19. The number of rotatable bonds is 8. The van der Waals surface area contributed by atoms with Crippen LogP contribution in [0.1, 0.15) is 19.4 Å². The Balaban J connectivity index is 1.95. The van der Waals surface area contributed by atoms with Crippen LogP contribution in [0.2, 0.25) is 0 Å². The topological polar surface area (TPSA) is 84.9 Å². The molecule has 132 valence electrons. The molecule has 0 saturated carbocycles. The van der Waals surface area contributed by atoms with Gasteiger partial charge in [-0.1, -0.05) is 18.2 Å². The predicted octanol–water partition coefficient (Wildman–Crippen LogP) is 3.12. The van der Waals surface area contributed by atoms with Crippen molar-refractivity contribution in [1.29, 1.82) is 0 Å². The van der Waals surface area contributed by atoms with Crippen LogP contribution in [0, 0.1) is 0 Å². The van der Waals surface area contributed by atoms with Crippen molar-refractivity contribution >= 4 is 17.6 Å². The first-order chi connectivity index (χ1) is 11.9. The Kier molecular flexibility index (Phi) is 6.39. The van der Waals surface area contributed by atoms with E-state index in [0.29, 0.717) is 17.2 Å². The summed E-state index contributed by atoms with van der Waals surface area (Å²) in [5.74, 6) is -0.0835. The van der Waals surface area contributed by atoms with Gasteiger partial charge < -0.3 is 19.9 Å². The minimum absolute atomic E-state index is 0.0301. The van der Waals surface area contributed by atoms with Crippen molar-refractivity contribution < 1.29 is 24.2 Å². The van der Waals surface area contributed by atoms with Gasteiger partial charge in [-0.25, -0.2) is 4.79 Å². The van der Waals surface area contributed by atoms with Gasteiger partial charge in [0.2, 0.25) is 5.91 Å². The van der Waals surface area contributed by atoms with Gasteiger partial charge >= 0.3 is 5.97 Å². The van der Waals surface area contributed by atoms with Crippen molar-refractivity contribution in [3.05, 3.63) is 54.1 Å². The Morgan fingerprint density at radius 1 is 1.08 bits per heavy atom. The lowest BCUT2D eigenvalue weighted by molar-refractivity contribution is -0.139. The number of para-hydroxylation sites is 1. The standard InChI is InChI=1S/C19H21NO5/c1-13(2)25-17-6-4-3-5-14(17)11-18(21)20-15-7-9-16(10-8-15)24-12-19(22)23/h3-10,13H,11-12H2,1-2H3,(H,20,21)(H,22,23). The Hall–Kier alpha value is -3.02. The van der Waals surface area contributed by atoms with E-state index < -0.39 is 12.6 Å². The summed E-state index contributed by atoms with van der Waals surface area (Å²) in [6, 6.07) is 14.0. The van der Waals surface area contributed by atoms with Gasteiger partial charge in [0.05, 0.1) is 12.5 Å². The smallest absolute Gasteiger partial charge is 0.341 e. The summed E-state index contributed by atoms with van der Waals surface area (Å²) in [5, 5.41) is 11.4. The molecule has 25 heavy (non-hydrogen) atoms.